The molecule has 70 valence electrons. The van der Waals surface area contributed by atoms with E-state index in [1.165, 1.54) is 0 Å². The van der Waals surface area contributed by atoms with Crippen LogP contribution in [-0.4, -0.2) is 21.2 Å². The molecule has 2 aromatic rings. The van der Waals surface area contributed by atoms with Crippen LogP contribution in [0.25, 0.3) is 11.3 Å². The minimum atomic E-state index is 0.223. The fourth-order valence-corrected chi connectivity index (χ4v) is 1.28. The fourth-order valence-electron chi connectivity index (χ4n) is 1.28. The number of H-pyrrole nitrogens is 1. The molecule has 0 atom stereocenters. The Morgan fingerprint density at radius 1 is 1.43 bits per heavy atom. The van der Waals surface area contributed by atoms with Crippen LogP contribution in [0.4, 0.5) is 0 Å². The molecule has 14 heavy (non-hydrogen) atoms. The summed E-state index contributed by atoms with van der Waals surface area (Å²) in [6.45, 7) is 1.84. The highest BCUT2D eigenvalue weighted by atomic mass is 16.1. The number of aldehydes is 1. The van der Waals surface area contributed by atoms with Gasteiger partial charge in [-0.2, -0.15) is 0 Å². The first-order valence-corrected chi connectivity index (χ1v) is 4.23. The van der Waals surface area contributed by atoms with Crippen molar-refractivity contribution in [2.75, 3.05) is 0 Å². The predicted molar refractivity (Wildman–Crippen MR) is 51.9 cm³/mol. The van der Waals surface area contributed by atoms with E-state index in [2.05, 4.69) is 15.0 Å². The number of nitrogens with one attached hydrogen (secondary N) is 1. The van der Waals surface area contributed by atoms with Gasteiger partial charge in [0.1, 0.15) is 0 Å². The average Bonchev–Trinajstić information content (AvgIpc) is 2.69. The second kappa shape index (κ2) is 3.41. The number of carbonyl (C=O) groups is 1. The molecule has 0 radical (unpaired) electrons. The molecule has 4 heteroatoms. The number of aryl methyl sites for hydroxylation is 1. The van der Waals surface area contributed by atoms with Crippen LogP contribution < -0.4 is 0 Å². The molecule has 2 aromatic heterocycles. The van der Waals surface area contributed by atoms with Crippen molar-refractivity contribution in [3.8, 4) is 11.3 Å². The first kappa shape index (κ1) is 8.62. The molecule has 0 fully saturated rings. The molecule has 0 spiro atoms. The molecule has 0 aliphatic heterocycles. The molecule has 2 rings (SSSR count). The van der Waals surface area contributed by atoms with Crippen LogP contribution >= 0.6 is 0 Å². The van der Waals surface area contributed by atoms with Crippen molar-refractivity contribution in [2.24, 2.45) is 0 Å². The van der Waals surface area contributed by atoms with Gasteiger partial charge < -0.3 is 4.98 Å². The van der Waals surface area contributed by atoms with Crippen LogP contribution in [-0.2, 0) is 0 Å². The minimum Gasteiger partial charge on any atom is -0.367 e. The average molecular weight is 187 g/mol. The topological polar surface area (TPSA) is 58.6 Å². The summed E-state index contributed by atoms with van der Waals surface area (Å²) in [4.78, 5) is 21.6. The molecule has 1 N–H and O–H groups in total. The Bertz CT molecular complexity index is 448. The summed E-state index contributed by atoms with van der Waals surface area (Å²) in [7, 11) is 0. The van der Waals surface area contributed by atoms with Crippen molar-refractivity contribution < 1.29 is 4.79 Å². The highest BCUT2D eigenvalue weighted by Crippen LogP contribution is 2.16. The Hall–Kier alpha value is -1.97. The number of aromatic nitrogens is 3. The molecular weight excluding hydrogens is 178 g/mol. The monoisotopic (exact) mass is 187 g/mol. The van der Waals surface area contributed by atoms with E-state index >= 15 is 0 Å². The van der Waals surface area contributed by atoms with Crippen molar-refractivity contribution >= 4 is 6.29 Å². The molecule has 4 nitrogen and oxygen atoms in total. The molecule has 0 bridgehead atoms. The zero-order chi connectivity index (χ0) is 9.97. The van der Waals surface area contributed by atoms with E-state index in [1.807, 2.05) is 31.5 Å². The Labute approximate surface area is 81.0 Å². The lowest BCUT2D eigenvalue weighted by molar-refractivity contribution is 0.111. The van der Waals surface area contributed by atoms with Crippen molar-refractivity contribution in [3.63, 3.8) is 0 Å². The van der Waals surface area contributed by atoms with Gasteiger partial charge in [0.25, 0.3) is 0 Å². The summed E-state index contributed by atoms with van der Waals surface area (Å²) in [6, 6.07) is 3.74. The van der Waals surface area contributed by atoms with E-state index in [4.69, 9.17) is 0 Å². The standard InChI is InChI=1S/C10H9N3O/c1-7-4-9(8-2-3-11-5-8)13-10(6-14)12-7/h2-6,11H,1H3. The van der Waals surface area contributed by atoms with Gasteiger partial charge in [-0.05, 0) is 19.1 Å². The van der Waals surface area contributed by atoms with E-state index < -0.39 is 0 Å². The normalized spacial score (nSPS) is 10.1. The third-order valence-electron chi connectivity index (χ3n) is 1.87. The van der Waals surface area contributed by atoms with Gasteiger partial charge in [0, 0.05) is 23.7 Å². The zero-order valence-electron chi connectivity index (χ0n) is 7.69. The number of hydrogen-bond donors (Lipinski definition) is 1. The van der Waals surface area contributed by atoms with Gasteiger partial charge in [-0.3, -0.25) is 4.79 Å². The summed E-state index contributed by atoms with van der Waals surface area (Å²) in [5.41, 5.74) is 2.51. The van der Waals surface area contributed by atoms with E-state index in [1.54, 1.807) is 0 Å². The van der Waals surface area contributed by atoms with Gasteiger partial charge in [0.05, 0.1) is 5.69 Å². The maximum atomic E-state index is 10.5. The minimum absolute atomic E-state index is 0.223. The third kappa shape index (κ3) is 1.54. The lowest BCUT2D eigenvalue weighted by Gasteiger charge is -1.99. The van der Waals surface area contributed by atoms with E-state index in [0.29, 0.717) is 6.29 Å². The van der Waals surface area contributed by atoms with Crippen LogP contribution in [0.5, 0.6) is 0 Å². The van der Waals surface area contributed by atoms with Gasteiger partial charge in [-0.25, -0.2) is 9.97 Å². The SMILES string of the molecule is Cc1cc(-c2cc[nH]c2)nc(C=O)n1. The lowest BCUT2D eigenvalue weighted by atomic mass is 10.2. The first-order chi connectivity index (χ1) is 6.79. The zero-order valence-corrected chi connectivity index (χ0v) is 7.69. The molecule has 0 aliphatic carbocycles. The second-order valence-electron chi connectivity index (χ2n) is 2.97. The Kier molecular flexibility index (Phi) is 2.10. The summed E-state index contributed by atoms with van der Waals surface area (Å²) < 4.78 is 0. The van der Waals surface area contributed by atoms with Crippen molar-refractivity contribution in [1.82, 2.24) is 15.0 Å². The third-order valence-corrected chi connectivity index (χ3v) is 1.87. The lowest BCUT2D eigenvalue weighted by Crippen LogP contribution is -1.96. The highest BCUT2D eigenvalue weighted by molar-refractivity contribution is 5.71. The Balaban J connectivity index is 2.54. The molecule has 0 saturated carbocycles. The largest absolute Gasteiger partial charge is 0.367 e. The molecule has 0 aliphatic rings. The van der Waals surface area contributed by atoms with Gasteiger partial charge in [0.15, 0.2) is 12.1 Å². The van der Waals surface area contributed by atoms with Gasteiger partial charge in [-0.1, -0.05) is 0 Å². The smallest absolute Gasteiger partial charge is 0.193 e. The fraction of sp³-hybridized carbons (Fsp3) is 0.100. The van der Waals surface area contributed by atoms with Gasteiger partial charge in [0.2, 0.25) is 0 Å². The summed E-state index contributed by atoms with van der Waals surface area (Å²) in [6.07, 6.45) is 4.30. The number of nitrogens with zero attached hydrogens (tertiary/aromatic N) is 2. The summed E-state index contributed by atoms with van der Waals surface area (Å²) in [5.74, 6) is 0.223. The summed E-state index contributed by atoms with van der Waals surface area (Å²) in [5, 5.41) is 0. The van der Waals surface area contributed by atoms with Crippen LogP contribution in [0, 0.1) is 6.92 Å². The van der Waals surface area contributed by atoms with Crippen LogP contribution in [0.2, 0.25) is 0 Å². The van der Waals surface area contributed by atoms with Crippen molar-refractivity contribution in [1.29, 1.82) is 0 Å². The molecular formula is C10H9N3O. The van der Waals surface area contributed by atoms with Gasteiger partial charge in [-0.15, -0.1) is 0 Å². The van der Waals surface area contributed by atoms with Crippen molar-refractivity contribution in [2.45, 2.75) is 6.92 Å². The quantitative estimate of drug-likeness (QED) is 0.726. The molecule has 2 heterocycles. The Morgan fingerprint density at radius 2 is 2.29 bits per heavy atom. The number of carbonyl (C=O) groups excluding carboxylic acids is 1. The van der Waals surface area contributed by atoms with E-state index in [-0.39, 0.29) is 5.82 Å². The van der Waals surface area contributed by atoms with E-state index in [9.17, 15) is 4.79 Å². The summed E-state index contributed by atoms with van der Waals surface area (Å²) >= 11 is 0. The maximum Gasteiger partial charge on any atom is 0.193 e. The number of aromatic amines is 1. The van der Waals surface area contributed by atoms with Crippen molar-refractivity contribution in [3.05, 3.63) is 36.0 Å². The highest BCUT2D eigenvalue weighted by Gasteiger charge is 2.03. The molecule has 0 aromatic carbocycles. The first-order valence-electron chi connectivity index (χ1n) is 4.23. The molecule has 0 saturated heterocycles. The van der Waals surface area contributed by atoms with Crippen LogP contribution in [0.15, 0.2) is 24.5 Å². The van der Waals surface area contributed by atoms with E-state index in [0.717, 1.165) is 17.0 Å². The predicted octanol–water partition coefficient (Wildman–Crippen LogP) is 1.59. The molecule has 0 amide bonds. The number of rotatable bonds is 2. The maximum absolute atomic E-state index is 10.5. The van der Waals surface area contributed by atoms with Gasteiger partial charge >= 0.3 is 0 Å². The number of hydrogen-bond acceptors (Lipinski definition) is 3. The second-order valence-corrected chi connectivity index (χ2v) is 2.97. The molecule has 0 unspecified atom stereocenters. The Morgan fingerprint density at radius 3 is 2.93 bits per heavy atom. The van der Waals surface area contributed by atoms with Crippen LogP contribution in [0.1, 0.15) is 16.3 Å². The van der Waals surface area contributed by atoms with Crippen LogP contribution in [0.3, 0.4) is 0 Å².